The van der Waals surface area contributed by atoms with E-state index in [1.54, 1.807) is 46.5 Å². The standard InChI is InChI=1S/C26H29FN8O2.C2H6/c1-17-10-19(24(27)30-12-17)20-11-21-18(13-29-20)14-31-35(21)23-16-28-15-22(32-23)33-6-5-7-34(9-8-33)25(36)37-26(2,3)4;1-2/h10-16H,5-9H2,1-4H3;1-2H3. The monoisotopic (exact) mass is 534 g/mol. The summed E-state index contributed by atoms with van der Waals surface area (Å²) in [4.78, 5) is 33.8. The Labute approximate surface area is 227 Å². The van der Waals surface area contributed by atoms with Gasteiger partial charge in [0.1, 0.15) is 11.4 Å². The molecule has 0 atom stereocenters. The summed E-state index contributed by atoms with van der Waals surface area (Å²) in [6.07, 6.45) is 8.65. The molecule has 4 aromatic rings. The van der Waals surface area contributed by atoms with Crippen LogP contribution in [0.3, 0.4) is 0 Å². The van der Waals surface area contributed by atoms with Crippen LogP contribution in [0.15, 0.2) is 43.1 Å². The number of ether oxygens (including phenoxy) is 1. The third kappa shape index (κ3) is 6.47. The number of rotatable bonds is 3. The summed E-state index contributed by atoms with van der Waals surface area (Å²) in [6.45, 7) is 13.9. The van der Waals surface area contributed by atoms with Crippen LogP contribution in [0.5, 0.6) is 0 Å². The molecule has 1 fully saturated rings. The van der Waals surface area contributed by atoms with E-state index in [2.05, 4.69) is 25.0 Å². The van der Waals surface area contributed by atoms with Crippen LogP contribution in [0.4, 0.5) is 15.0 Å². The summed E-state index contributed by atoms with van der Waals surface area (Å²) in [7, 11) is 0. The van der Waals surface area contributed by atoms with Crippen LogP contribution in [0.1, 0.15) is 46.6 Å². The van der Waals surface area contributed by atoms with E-state index in [0.29, 0.717) is 42.5 Å². The van der Waals surface area contributed by atoms with Crippen molar-refractivity contribution < 1.29 is 13.9 Å². The van der Waals surface area contributed by atoms with Crippen LogP contribution in [-0.4, -0.2) is 72.5 Å². The fraction of sp³-hybridized carbons (Fsp3) is 0.429. The minimum Gasteiger partial charge on any atom is -0.444 e. The van der Waals surface area contributed by atoms with Crippen molar-refractivity contribution in [2.75, 3.05) is 31.1 Å². The summed E-state index contributed by atoms with van der Waals surface area (Å²) in [5, 5.41) is 5.28. The summed E-state index contributed by atoms with van der Waals surface area (Å²) < 4.78 is 21.6. The Kier molecular flexibility index (Phi) is 8.37. The minimum absolute atomic E-state index is 0.304. The van der Waals surface area contributed by atoms with E-state index >= 15 is 0 Å². The lowest BCUT2D eigenvalue weighted by molar-refractivity contribution is 0.0263. The SMILES string of the molecule is CC.Cc1cnc(F)c(-c2cc3c(cn2)cnn3-c2cncc(N3CCCN(C(=O)OC(C)(C)C)CC3)n2)c1. The van der Waals surface area contributed by atoms with Crippen molar-refractivity contribution in [3.8, 4) is 17.1 Å². The van der Waals surface area contributed by atoms with E-state index in [0.717, 1.165) is 29.4 Å². The van der Waals surface area contributed by atoms with Crippen LogP contribution in [0.2, 0.25) is 0 Å². The minimum atomic E-state index is -0.577. The van der Waals surface area contributed by atoms with Crippen molar-refractivity contribution >= 4 is 22.8 Å². The molecule has 5 heterocycles. The third-order valence-electron chi connectivity index (χ3n) is 6.00. The number of fused-ring (bicyclic) bond motifs is 1. The molecule has 1 aliphatic heterocycles. The van der Waals surface area contributed by atoms with Crippen molar-refractivity contribution in [3.05, 3.63) is 54.6 Å². The number of hydrogen-bond donors (Lipinski definition) is 0. The highest BCUT2D eigenvalue weighted by molar-refractivity contribution is 5.83. The normalized spacial score (nSPS) is 14.0. The van der Waals surface area contributed by atoms with Crippen molar-refractivity contribution in [2.45, 2.75) is 53.6 Å². The molecule has 0 spiro atoms. The molecule has 1 saturated heterocycles. The number of aryl methyl sites for hydroxylation is 1. The average Bonchev–Trinajstić information content (AvgIpc) is 3.17. The molecule has 11 heteroatoms. The van der Waals surface area contributed by atoms with Gasteiger partial charge in [0.05, 0.1) is 35.4 Å². The van der Waals surface area contributed by atoms with Crippen LogP contribution in [0.25, 0.3) is 28.0 Å². The van der Waals surface area contributed by atoms with Crippen molar-refractivity contribution in [1.29, 1.82) is 0 Å². The lowest BCUT2D eigenvalue weighted by atomic mass is 10.1. The number of hydrogen-bond acceptors (Lipinski definition) is 8. The zero-order chi connectivity index (χ0) is 28.2. The van der Waals surface area contributed by atoms with E-state index < -0.39 is 11.5 Å². The lowest BCUT2D eigenvalue weighted by Gasteiger charge is -2.26. The number of carbonyl (C=O) groups is 1. The maximum Gasteiger partial charge on any atom is 0.410 e. The summed E-state index contributed by atoms with van der Waals surface area (Å²) >= 11 is 0. The van der Waals surface area contributed by atoms with E-state index in [1.165, 1.54) is 6.20 Å². The summed E-state index contributed by atoms with van der Waals surface area (Å²) in [6, 6.07) is 3.50. The second-order valence-corrected chi connectivity index (χ2v) is 10.1. The fourth-order valence-corrected chi connectivity index (χ4v) is 4.24. The molecule has 4 aromatic heterocycles. The quantitative estimate of drug-likeness (QED) is 0.331. The van der Waals surface area contributed by atoms with Gasteiger partial charge in [-0.15, -0.1) is 0 Å². The molecule has 1 aliphatic rings. The van der Waals surface area contributed by atoms with E-state index in [4.69, 9.17) is 9.72 Å². The van der Waals surface area contributed by atoms with E-state index in [9.17, 15) is 9.18 Å². The smallest absolute Gasteiger partial charge is 0.410 e. The van der Waals surface area contributed by atoms with Gasteiger partial charge >= 0.3 is 6.09 Å². The molecule has 10 nitrogen and oxygen atoms in total. The third-order valence-corrected chi connectivity index (χ3v) is 6.00. The summed E-state index contributed by atoms with van der Waals surface area (Å²) in [5.41, 5.74) is 1.82. The fourth-order valence-electron chi connectivity index (χ4n) is 4.24. The number of carbonyl (C=O) groups excluding carboxylic acids is 1. The van der Waals surface area contributed by atoms with Crippen molar-refractivity contribution in [3.63, 3.8) is 0 Å². The Bertz CT molecular complexity index is 1450. The first-order valence-electron chi connectivity index (χ1n) is 13.2. The van der Waals surface area contributed by atoms with Crippen molar-refractivity contribution in [1.82, 2.24) is 34.6 Å². The maximum absolute atomic E-state index is 14.4. The predicted octanol–water partition coefficient (Wildman–Crippen LogP) is 5.19. The second-order valence-electron chi connectivity index (χ2n) is 10.1. The second kappa shape index (κ2) is 11.7. The highest BCUT2D eigenvalue weighted by Crippen LogP contribution is 2.26. The van der Waals surface area contributed by atoms with Crippen LogP contribution in [-0.2, 0) is 4.74 Å². The zero-order valence-electron chi connectivity index (χ0n) is 23.3. The maximum atomic E-state index is 14.4. The van der Waals surface area contributed by atoms with Crippen LogP contribution < -0.4 is 4.90 Å². The molecule has 0 radical (unpaired) electrons. The summed E-state index contributed by atoms with van der Waals surface area (Å²) in [5.74, 6) is 0.642. The Morgan fingerprint density at radius 1 is 0.949 bits per heavy atom. The average molecular weight is 535 g/mol. The van der Waals surface area contributed by atoms with Gasteiger partial charge in [0.15, 0.2) is 5.82 Å². The van der Waals surface area contributed by atoms with Gasteiger partial charge in [-0.3, -0.25) is 9.97 Å². The molecule has 0 N–H and O–H groups in total. The molecular formula is C28H35FN8O2. The Morgan fingerprint density at radius 2 is 1.72 bits per heavy atom. The van der Waals surface area contributed by atoms with Crippen LogP contribution in [0, 0.1) is 12.9 Å². The largest absolute Gasteiger partial charge is 0.444 e. The van der Waals surface area contributed by atoms with E-state index in [1.807, 2.05) is 41.5 Å². The first-order chi connectivity index (χ1) is 18.7. The topological polar surface area (TPSA) is 102 Å². The van der Waals surface area contributed by atoms with Gasteiger partial charge in [0.2, 0.25) is 5.95 Å². The van der Waals surface area contributed by atoms with Crippen LogP contribution >= 0.6 is 0 Å². The highest BCUT2D eigenvalue weighted by Gasteiger charge is 2.25. The Hall–Kier alpha value is -4.15. The number of halogens is 1. The highest BCUT2D eigenvalue weighted by atomic mass is 19.1. The molecule has 206 valence electrons. The van der Waals surface area contributed by atoms with Crippen molar-refractivity contribution in [2.24, 2.45) is 0 Å². The van der Waals surface area contributed by atoms with Gasteiger partial charge in [0.25, 0.3) is 0 Å². The van der Waals surface area contributed by atoms with Gasteiger partial charge in [0, 0.05) is 44.0 Å². The molecule has 5 rings (SSSR count). The number of aromatic nitrogens is 6. The molecule has 0 aromatic carbocycles. The number of anilines is 1. The lowest BCUT2D eigenvalue weighted by Crippen LogP contribution is -2.39. The molecule has 0 bridgehead atoms. The molecular weight excluding hydrogens is 499 g/mol. The first-order valence-corrected chi connectivity index (χ1v) is 13.2. The molecule has 0 unspecified atom stereocenters. The molecule has 0 saturated carbocycles. The van der Waals surface area contributed by atoms with Gasteiger partial charge in [-0.2, -0.15) is 9.49 Å². The first kappa shape index (κ1) is 27.9. The van der Waals surface area contributed by atoms with Gasteiger partial charge < -0.3 is 14.5 Å². The number of pyridine rings is 2. The predicted molar refractivity (Wildman–Crippen MR) is 148 cm³/mol. The molecule has 39 heavy (non-hydrogen) atoms. The van der Waals surface area contributed by atoms with Gasteiger partial charge in [-0.25, -0.2) is 19.4 Å². The van der Waals surface area contributed by atoms with Gasteiger partial charge in [-0.1, -0.05) is 13.8 Å². The number of amides is 1. The zero-order valence-corrected chi connectivity index (χ0v) is 23.3. The molecule has 0 aliphatic carbocycles. The van der Waals surface area contributed by atoms with Gasteiger partial charge in [-0.05, 0) is 51.8 Å². The van der Waals surface area contributed by atoms with E-state index in [-0.39, 0.29) is 6.09 Å². The Morgan fingerprint density at radius 3 is 2.49 bits per heavy atom. The Balaban J connectivity index is 0.00000172. The molecule has 1 amide bonds. The number of nitrogens with zero attached hydrogens (tertiary/aromatic N) is 8.